The Labute approximate surface area is 173 Å². The highest BCUT2D eigenvalue weighted by Gasteiger charge is 2.12. The number of benzene rings is 3. The molecule has 0 spiro atoms. The zero-order chi connectivity index (χ0) is 20.6. The molecular formula is C27H27NO. The smallest absolute Gasteiger partial charge is 0.243 e. The molecule has 0 aliphatic heterocycles. The van der Waals surface area contributed by atoms with Gasteiger partial charge in [0.25, 0.3) is 0 Å². The summed E-state index contributed by atoms with van der Waals surface area (Å²) in [5, 5.41) is 2.60. The Bertz CT molecular complexity index is 1010. The normalized spacial score (nSPS) is 12.0. The molecule has 0 aliphatic carbocycles. The molecule has 29 heavy (non-hydrogen) atoms. The average molecular weight is 382 g/mol. The first-order valence-electron chi connectivity index (χ1n) is 9.98. The molecule has 3 aromatic rings. The van der Waals surface area contributed by atoms with Crippen molar-refractivity contribution in [1.82, 2.24) is 5.32 Å². The van der Waals surface area contributed by atoms with Crippen LogP contribution in [-0.4, -0.2) is 13.0 Å². The lowest BCUT2D eigenvalue weighted by Gasteiger charge is -2.17. The second-order valence-electron chi connectivity index (χ2n) is 7.01. The fourth-order valence-corrected chi connectivity index (χ4v) is 3.42. The molecule has 2 heteroatoms. The fourth-order valence-electron chi connectivity index (χ4n) is 3.42. The minimum Gasteiger partial charge on any atom is -0.356 e. The quantitative estimate of drug-likeness (QED) is 0.404. The van der Waals surface area contributed by atoms with Gasteiger partial charge < -0.3 is 5.32 Å². The van der Waals surface area contributed by atoms with Crippen LogP contribution in [0.2, 0.25) is 0 Å². The van der Waals surface area contributed by atoms with E-state index in [2.05, 4.69) is 98.0 Å². The first kappa shape index (κ1) is 20.3. The molecule has 0 radical (unpaired) electrons. The van der Waals surface area contributed by atoms with Crippen molar-refractivity contribution in [1.29, 1.82) is 0 Å². The van der Waals surface area contributed by atoms with Crippen molar-refractivity contribution >= 4 is 23.1 Å². The molecule has 0 aromatic heterocycles. The zero-order valence-electron chi connectivity index (χ0n) is 17.3. The number of hydrogen-bond donors (Lipinski definition) is 1. The first-order valence-corrected chi connectivity index (χ1v) is 9.98. The van der Waals surface area contributed by atoms with E-state index in [1.54, 1.807) is 13.1 Å². The number of carbonyl (C=O) groups is 1. The number of carbonyl (C=O) groups excluding carboxylic acids is 1. The van der Waals surface area contributed by atoms with Crippen molar-refractivity contribution in [3.63, 3.8) is 0 Å². The standard InChI is InChI=1S/C27H27NO/c1-4-25(22-8-6-5-7-9-22)27(23-15-10-20(2)11-16-23)24-17-12-21(13-18-24)14-19-26(29)28-3/h5-19H,4H2,1-3H3,(H,28,29)/b19-14+,27-25-. The van der Waals surface area contributed by atoms with Gasteiger partial charge in [-0.3, -0.25) is 4.79 Å². The van der Waals surface area contributed by atoms with E-state index < -0.39 is 0 Å². The predicted molar refractivity (Wildman–Crippen MR) is 123 cm³/mol. The van der Waals surface area contributed by atoms with Crippen molar-refractivity contribution in [3.05, 3.63) is 113 Å². The second kappa shape index (κ2) is 9.70. The Morgan fingerprint density at radius 1 is 0.828 bits per heavy atom. The number of hydrogen-bond acceptors (Lipinski definition) is 1. The summed E-state index contributed by atoms with van der Waals surface area (Å²) in [6.07, 6.45) is 4.31. The molecular weight excluding hydrogens is 354 g/mol. The summed E-state index contributed by atoms with van der Waals surface area (Å²) in [5.41, 5.74) is 8.45. The Hall–Kier alpha value is -3.39. The molecule has 1 N–H and O–H groups in total. The molecule has 0 bridgehead atoms. The molecule has 0 heterocycles. The van der Waals surface area contributed by atoms with Crippen LogP contribution in [0.25, 0.3) is 17.2 Å². The van der Waals surface area contributed by atoms with E-state index >= 15 is 0 Å². The van der Waals surface area contributed by atoms with Crippen molar-refractivity contribution in [3.8, 4) is 0 Å². The zero-order valence-corrected chi connectivity index (χ0v) is 17.3. The fraction of sp³-hybridized carbons (Fsp3) is 0.148. The van der Waals surface area contributed by atoms with E-state index in [4.69, 9.17) is 0 Å². The van der Waals surface area contributed by atoms with Gasteiger partial charge in [-0.1, -0.05) is 91.3 Å². The minimum atomic E-state index is -0.105. The monoisotopic (exact) mass is 381 g/mol. The second-order valence-corrected chi connectivity index (χ2v) is 7.01. The van der Waals surface area contributed by atoms with Gasteiger partial charge in [0, 0.05) is 13.1 Å². The van der Waals surface area contributed by atoms with Gasteiger partial charge in [-0.15, -0.1) is 0 Å². The van der Waals surface area contributed by atoms with Crippen molar-refractivity contribution in [2.75, 3.05) is 7.05 Å². The Balaban J connectivity index is 2.11. The van der Waals surface area contributed by atoms with E-state index in [1.807, 2.05) is 6.08 Å². The summed E-state index contributed by atoms with van der Waals surface area (Å²) in [4.78, 5) is 11.5. The molecule has 146 valence electrons. The molecule has 1 amide bonds. The van der Waals surface area contributed by atoms with Crippen LogP contribution in [-0.2, 0) is 4.79 Å². The van der Waals surface area contributed by atoms with Gasteiger partial charge in [0.1, 0.15) is 0 Å². The summed E-state index contributed by atoms with van der Waals surface area (Å²) in [6.45, 7) is 4.32. The largest absolute Gasteiger partial charge is 0.356 e. The Morgan fingerprint density at radius 3 is 1.97 bits per heavy atom. The number of nitrogens with one attached hydrogen (secondary N) is 1. The van der Waals surface area contributed by atoms with Crippen LogP contribution in [0.1, 0.15) is 41.2 Å². The maximum atomic E-state index is 11.5. The van der Waals surface area contributed by atoms with E-state index in [0.29, 0.717) is 0 Å². The van der Waals surface area contributed by atoms with Gasteiger partial charge in [-0.25, -0.2) is 0 Å². The maximum Gasteiger partial charge on any atom is 0.243 e. The van der Waals surface area contributed by atoms with Crippen molar-refractivity contribution in [2.24, 2.45) is 0 Å². The van der Waals surface area contributed by atoms with Gasteiger partial charge in [0.15, 0.2) is 0 Å². The predicted octanol–water partition coefficient (Wildman–Crippen LogP) is 6.12. The molecule has 0 saturated heterocycles. The van der Waals surface area contributed by atoms with Crippen molar-refractivity contribution in [2.45, 2.75) is 20.3 Å². The highest BCUT2D eigenvalue weighted by Crippen LogP contribution is 2.34. The van der Waals surface area contributed by atoms with Crippen LogP contribution in [0.5, 0.6) is 0 Å². The Morgan fingerprint density at radius 2 is 1.41 bits per heavy atom. The van der Waals surface area contributed by atoms with Gasteiger partial charge >= 0.3 is 0 Å². The van der Waals surface area contributed by atoms with Crippen molar-refractivity contribution < 1.29 is 4.79 Å². The summed E-state index contributed by atoms with van der Waals surface area (Å²) in [6, 6.07) is 27.7. The molecule has 3 rings (SSSR count). The molecule has 2 nitrogen and oxygen atoms in total. The van der Waals surface area contributed by atoms with Crippen LogP contribution in [0.15, 0.2) is 84.9 Å². The lowest BCUT2D eigenvalue weighted by Crippen LogP contribution is -2.13. The third-order valence-corrected chi connectivity index (χ3v) is 4.99. The minimum absolute atomic E-state index is 0.105. The molecule has 3 aromatic carbocycles. The Kier molecular flexibility index (Phi) is 6.80. The third-order valence-electron chi connectivity index (χ3n) is 4.99. The van der Waals surface area contributed by atoms with Gasteiger partial charge in [-0.2, -0.15) is 0 Å². The van der Waals surface area contributed by atoms with Gasteiger partial charge in [0.2, 0.25) is 5.91 Å². The number of aryl methyl sites for hydroxylation is 1. The van der Waals surface area contributed by atoms with Crippen LogP contribution in [0, 0.1) is 6.92 Å². The molecule has 0 saturated carbocycles. The molecule has 0 unspecified atom stereocenters. The molecule has 0 atom stereocenters. The highest BCUT2D eigenvalue weighted by molar-refractivity contribution is 5.98. The van der Waals surface area contributed by atoms with Crippen LogP contribution >= 0.6 is 0 Å². The van der Waals surface area contributed by atoms with E-state index in [0.717, 1.165) is 12.0 Å². The summed E-state index contributed by atoms with van der Waals surface area (Å²) < 4.78 is 0. The number of rotatable bonds is 6. The number of likely N-dealkylation sites (N-methyl/N-ethyl adjacent to an activating group) is 1. The average Bonchev–Trinajstić information content (AvgIpc) is 2.77. The van der Waals surface area contributed by atoms with Crippen LogP contribution < -0.4 is 5.32 Å². The van der Waals surface area contributed by atoms with E-state index in [1.165, 1.54) is 33.4 Å². The molecule has 0 fully saturated rings. The molecule has 0 aliphatic rings. The first-order chi connectivity index (χ1) is 14.1. The number of amides is 1. The van der Waals surface area contributed by atoms with Gasteiger partial charge in [-0.05, 0) is 52.8 Å². The van der Waals surface area contributed by atoms with Crippen LogP contribution in [0.4, 0.5) is 0 Å². The van der Waals surface area contributed by atoms with Gasteiger partial charge in [0.05, 0.1) is 0 Å². The lowest BCUT2D eigenvalue weighted by molar-refractivity contribution is -0.115. The number of allylic oxidation sites excluding steroid dienone is 1. The van der Waals surface area contributed by atoms with E-state index in [-0.39, 0.29) is 5.91 Å². The third kappa shape index (κ3) is 5.11. The lowest BCUT2D eigenvalue weighted by atomic mass is 9.87. The highest BCUT2D eigenvalue weighted by atomic mass is 16.1. The SMILES string of the molecule is CC/C(=C(\c1ccc(C)cc1)c1ccc(/C=C/C(=O)NC)cc1)c1ccccc1. The van der Waals surface area contributed by atoms with E-state index in [9.17, 15) is 4.79 Å². The summed E-state index contributed by atoms with van der Waals surface area (Å²) in [5.74, 6) is -0.105. The summed E-state index contributed by atoms with van der Waals surface area (Å²) >= 11 is 0. The maximum absolute atomic E-state index is 11.5. The van der Waals surface area contributed by atoms with Crippen LogP contribution in [0.3, 0.4) is 0 Å². The topological polar surface area (TPSA) is 29.1 Å². The summed E-state index contributed by atoms with van der Waals surface area (Å²) in [7, 11) is 1.63.